The topological polar surface area (TPSA) is 55.1 Å². The van der Waals surface area contributed by atoms with Gasteiger partial charge in [0.15, 0.2) is 6.61 Å². The molecular weight excluding hydrogens is 236 g/mol. The molecule has 1 rings (SSSR count). The molecule has 68 valence electrons. The van der Waals surface area contributed by atoms with E-state index < -0.39 is 0 Å². The van der Waals surface area contributed by atoms with Crippen molar-refractivity contribution >= 4 is 15.9 Å². The highest BCUT2D eigenvalue weighted by molar-refractivity contribution is 9.10. The fourth-order valence-electron chi connectivity index (χ4n) is 0.735. The molecule has 0 bridgehead atoms. The molecule has 0 atom stereocenters. The van der Waals surface area contributed by atoms with E-state index in [-0.39, 0.29) is 6.61 Å². The first kappa shape index (κ1) is 9.81. The summed E-state index contributed by atoms with van der Waals surface area (Å²) in [5.41, 5.74) is 0. The number of rotatable bonds is 3. The lowest BCUT2D eigenvalue weighted by molar-refractivity contribution is 0.354. The van der Waals surface area contributed by atoms with E-state index in [1.165, 1.54) is 7.11 Å². The van der Waals surface area contributed by atoms with Crippen LogP contribution in [0.25, 0.3) is 0 Å². The van der Waals surface area contributed by atoms with Crippen molar-refractivity contribution in [3.63, 3.8) is 0 Å². The molecule has 0 spiro atoms. The van der Waals surface area contributed by atoms with E-state index in [1.807, 2.05) is 6.07 Å². The lowest BCUT2D eigenvalue weighted by atomic mass is 10.4. The Balaban J connectivity index is 2.85. The maximum absolute atomic E-state index is 8.31. The van der Waals surface area contributed by atoms with Crippen LogP contribution in [0.2, 0.25) is 0 Å². The van der Waals surface area contributed by atoms with Gasteiger partial charge in [-0.2, -0.15) is 5.26 Å². The molecule has 0 amide bonds. The SMILES string of the molecule is COc1cc(OCC#N)c(Br)cn1. The summed E-state index contributed by atoms with van der Waals surface area (Å²) in [6.07, 6.45) is 1.56. The van der Waals surface area contributed by atoms with Gasteiger partial charge in [-0.3, -0.25) is 0 Å². The molecule has 0 fully saturated rings. The molecule has 1 aromatic rings. The maximum atomic E-state index is 8.31. The fraction of sp³-hybridized carbons (Fsp3) is 0.250. The standard InChI is InChI=1S/C8H7BrN2O2/c1-12-8-4-7(13-3-2-10)6(9)5-11-8/h4-5H,3H2,1H3. The monoisotopic (exact) mass is 242 g/mol. The Labute approximate surface area is 84.2 Å². The molecule has 0 aliphatic rings. The number of aromatic nitrogens is 1. The average Bonchev–Trinajstić information content (AvgIpc) is 2.17. The van der Waals surface area contributed by atoms with Crippen LogP contribution < -0.4 is 9.47 Å². The van der Waals surface area contributed by atoms with E-state index >= 15 is 0 Å². The Kier molecular flexibility index (Phi) is 3.53. The summed E-state index contributed by atoms with van der Waals surface area (Å²) in [4.78, 5) is 3.93. The van der Waals surface area contributed by atoms with Crippen LogP contribution in [-0.2, 0) is 0 Å². The number of halogens is 1. The van der Waals surface area contributed by atoms with Gasteiger partial charge in [-0.25, -0.2) is 4.98 Å². The number of hydrogen-bond donors (Lipinski definition) is 0. The van der Waals surface area contributed by atoms with Crippen molar-refractivity contribution in [3.05, 3.63) is 16.7 Å². The van der Waals surface area contributed by atoms with E-state index in [9.17, 15) is 0 Å². The number of pyridine rings is 1. The molecular formula is C8H7BrN2O2. The molecule has 0 saturated carbocycles. The van der Waals surface area contributed by atoms with Crippen molar-refractivity contribution in [2.75, 3.05) is 13.7 Å². The van der Waals surface area contributed by atoms with E-state index in [2.05, 4.69) is 20.9 Å². The van der Waals surface area contributed by atoms with Crippen LogP contribution >= 0.6 is 15.9 Å². The predicted molar refractivity (Wildman–Crippen MR) is 49.6 cm³/mol. The minimum absolute atomic E-state index is 0.00572. The molecule has 4 nitrogen and oxygen atoms in total. The van der Waals surface area contributed by atoms with Crippen molar-refractivity contribution in [1.82, 2.24) is 4.98 Å². The van der Waals surface area contributed by atoms with Gasteiger partial charge in [0.25, 0.3) is 0 Å². The van der Waals surface area contributed by atoms with Gasteiger partial charge in [0.2, 0.25) is 5.88 Å². The van der Waals surface area contributed by atoms with Crippen LogP contribution in [0, 0.1) is 11.3 Å². The van der Waals surface area contributed by atoms with Crippen LogP contribution in [-0.4, -0.2) is 18.7 Å². The van der Waals surface area contributed by atoms with Crippen LogP contribution in [0.5, 0.6) is 11.6 Å². The largest absolute Gasteiger partial charge is 0.481 e. The lowest BCUT2D eigenvalue weighted by Crippen LogP contribution is -1.96. The zero-order valence-electron chi connectivity index (χ0n) is 6.95. The molecule has 0 aliphatic heterocycles. The zero-order chi connectivity index (χ0) is 9.68. The Morgan fingerprint density at radius 1 is 1.69 bits per heavy atom. The molecule has 13 heavy (non-hydrogen) atoms. The Morgan fingerprint density at radius 2 is 2.46 bits per heavy atom. The van der Waals surface area contributed by atoms with Crippen molar-refractivity contribution < 1.29 is 9.47 Å². The van der Waals surface area contributed by atoms with Gasteiger partial charge in [0.05, 0.1) is 11.6 Å². The number of nitriles is 1. The average molecular weight is 243 g/mol. The van der Waals surface area contributed by atoms with Gasteiger partial charge >= 0.3 is 0 Å². The molecule has 1 heterocycles. The first-order chi connectivity index (χ1) is 6.27. The number of nitrogens with zero attached hydrogens (tertiary/aromatic N) is 2. The Bertz CT molecular complexity index is 335. The second kappa shape index (κ2) is 4.67. The van der Waals surface area contributed by atoms with E-state index in [4.69, 9.17) is 14.7 Å². The van der Waals surface area contributed by atoms with Crippen molar-refractivity contribution in [1.29, 1.82) is 5.26 Å². The molecule has 0 unspecified atom stereocenters. The molecule has 0 radical (unpaired) electrons. The number of methoxy groups -OCH3 is 1. The second-order valence-corrected chi connectivity index (χ2v) is 2.96. The Hall–Kier alpha value is -1.28. The third-order valence-corrected chi connectivity index (χ3v) is 1.89. The highest BCUT2D eigenvalue weighted by Gasteiger charge is 2.03. The third-order valence-electron chi connectivity index (χ3n) is 1.30. The normalized spacial score (nSPS) is 9.00. The molecule has 1 aromatic heterocycles. The number of ether oxygens (including phenoxy) is 2. The maximum Gasteiger partial charge on any atom is 0.216 e. The quantitative estimate of drug-likeness (QED) is 0.811. The first-order valence-corrected chi connectivity index (χ1v) is 4.26. The zero-order valence-corrected chi connectivity index (χ0v) is 8.54. The highest BCUT2D eigenvalue weighted by Crippen LogP contribution is 2.26. The summed E-state index contributed by atoms with van der Waals surface area (Å²) in [6, 6.07) is 3.49. The van der Waals surface area contributed by atoms with Crippen molar-refractivity contribution in [3.8, 4) is 17.7 Å². The van der Waals surface area contributed by atoms with Gasteiger partial charge in [-0.05, 0) is 15.9 Å². The minimum Gasteiger partial charge on any atom is -0.481 e. The van der Waals surface area contributed by atoms with Crippen LogP contribution in [0.3, 0.4) is 0 Å². The smallest absolute Gasteiger partial charge is 0.216 e. The van der Waals surface area contributed by atoms with Crippen LogP contribution in [0.1, 0.15) is 0 Å². The van der Waals surface area contributed by atoms with E-state index in [0.717, 1.165) is 0 Å². The Morgan fingerprint density at radius 3 is 3.08 bits per heavy atom. The summed E-state index contributed by atoms with van der Waals surface area (Å²) in [5, 5.41) is 8.31. The number of hydrogen-bond acceptors (Lipinski definition) is 4. The van der Waals surface area contributed by atoms with Crippen LogP contribution in [0.4, 0.5) is 0 Å². The summed E-state index contributed by atoms with van der Waals surface area (Å²) < 4.78 is 10.7. The molecule has 0 aromatic carbocycles. The molecule has 5 heteroatoms. The van der Waals surface area contributed by atoms with Gasteiger partial charge in [0.1, 0.15) is 11.8 Å². The summed E-state index contributed by atoms with van der Waals surface area (Å²) >= 11 is 3.24. The van der Waals surface area contributed by atoms with Gasteiger partial charge in [-0.1, -0.05) is 0 Å². The third kappa shape index (κ3) is 2.60. The fourth-order valence-corrected chi connectivity index (χ4v) is 1.07. The van der Waals surface area contributed by atoms with Crippen molar-refractivity contribution in [2.45, 2.75) is 0 Å². The first-order valence-electron chi connectivity index (χ1n) is 3.47. The van der Waals surface area contributed by atoms with Gasteiger partial charge < -0.3 is 9.47 Å². The lowest BCUT2D eigenvalue weighted by Gasteiger charge is -2.05. The summed E-state index contributed by atoms with van der Waals surface area (Å²) in [7, 11) is 1.52. The van der Waals surface area contributed by atoms with E-state index in [1.54, 1.807) is 12.3 Å². The van der Waals surface area contributed by atoms with E-state index in [0.29, 0.717) is 16.1 Å². The summed E-state index contributed by atoms with van der Waals surface area (Å²) in [5.74, 6) is 1.00. The van der Waals surface area contributed by atoms with Crippen LogP contribution in [0.15, 0.2) is 16.7 Å². The predicted octanol–water partition coefficient (Wildman–Crippen LogP) is 1.76. The second-order valence-electron chi connectivity index (χ2n) is 2.10. The molecule has 0 saturated heterocycles. The van der Waals surface area contributed by atoms with Gasteiger partial charge in [0, 0.05) is 12.3 Å². The van der Waals surface area contributed by atoms with Crippen molar-refractivity contribution in [2.24, 2.45) is 0 Å². The van der Waals surface area contributed by atoms with Gasteiger partial charge in [-0.15, -0.1) is 0 Å². The minimum atomic E-state index is 0.00572. The molecule has 0 aliphatic carbocycles. The molecule has 0 N–H and O–H groups in total. The highest BCUT2D eigenvalue weighted by atomic mass is 79.9. The summed E-state index contributed by atoms with van der Waals surface area (Å²) in [6.45, 7) is 0.00572.